The van der Waals surface area contributed by atoms with E-state index < -0.39 is 0 Å². The van der Waals surface area contributed by atoms with Crippen LogP contribution in [0.5, 0.6) is 0 Å². The van der Waals surface area contributed by atoms with E-state index >= 15 is 0 Å². The lowest BCUT2D eigenvalue weighted by molar-refractivity contribution is -0.143. The molecule has 0 aliphatic rings. The standard InChI is InChI=1S/C24H34N2O2S/c1-6-19(4)14-26(24(28)18(2)3)17-23(27)25(15-21-10-8-7-9-11-21)16-22-13-12-20(5)29-22/h7-13,18-19H,6,14-17H2,1-5H3/t19-/m1/s1. The molecule has 2 amide bonds. The van der Waals surface area contributed by atoms with Gasteiger partial charge in [-0.05, 0) is 30.5 Å². The molecule has 2 aromatic rings. The van der Waals surface area contributed by atoms with E-state index in [1.165, 1.54) is 4.88 Å². The molecule has 158 valence electrons. The highest BCUT2D eigenvalue weighted by Crippen LogP contribution is 2.19. The highest BCUT2D eigenvalue weighted by molar-refractivity contribution is 7.11. The van der Waals surface area contributed by atoms with Crippen molar-refractivity contribution in [1.82, 2.24) is 9.80 Å². The number of rotatable bonds is 10. The van der Waals surface area contributed by atoms with E-state index in [2.05, 4.69) is 32.9 Å². The lowest BCUT2D eigenvalue weighted by Gasteiger charge is -2.30. The molecular weight excluding hydrogens is 380 g/mol. The van der Waals surface area contributed by atoms with Crippen LogP contribution in [0.1, 0.15) is 49.4 Å². The van der Waals surface area contributed by atoms with Crippen LogP contribution in [0.25, 0.3) is 0 Å². The van der Waals surface area contributed by atoms with Crippen LogP contribution in [0.15, 0.2) is 42.5 Å². The molecule has 1 atom stereocenters. The van der Waals surface area contributed by atoms with Gasteiger partial charge >= 0.3 is 0 Å². The monoisotopic (exact) mass is 414 g/mol. The quantitative estimate of drug-likeness (QED) is 0.542. The summed E-state index contributed by atoms with van der Waals surface area (Å²) >= 11 is 1.71. The maximum Gasteiger partial charge on any atom is 0.242 e. The summed E-state index contributed by atoms with van der Waals surface area (Å²) in [6, 6.07) is 14.2. The molecule has 0 radical (unpaired) electrons. The molecule has 0 bridgehead atoms. The van der Waals surface area contributed by atoms with Crippen molar-refractivity contribution < 1.29 is 9.59 Å². The average molecular weight is 415 g/mol. The molecule has 0 saturated heterocycles. The second kappa shape index (κ2) is 11.1. The van der Waals surface area contributed by atoms with Crippen molar-refractivity contribution in [2.75, 3.05) is 13.1 Å². The number of hydrogen-bond donors (Lipinski definition) is 0. The van der Waals surface area contributed by atoms with Crippen molar-refractivity contribution in [1.29, 1.82) is 0 Å². The van der Waals surface area contributed by atoms with Gasteiger partial charge in [0.15, 0.2) is 0 Å². The van der Waals surface area contributed by atoms with Gasteiger partial charge in [-0.15, -0.1) is 11.3 Å². The second-order valence-corrected chi connectivity index (χ2v) is 9.51. The third kappa shape index (κ3) is 7.32. The van der Waals surface area contributed by atoms with Crippen molar-refractivity contribution >= 4 is 23.2 Å². The van der Waals surface area contributed by atoms with Crippen molar-refractivity contribution in [3.63, 3.8) is 0 Å². The molecule has 0 spiro atoms. The first-order valence-electron chi connectivity index (χ1n) is 10.5. The van der Waals surface area contributed by atoms with Crippen LogP contribution in [0.3, 0.4) is 0 Å². The molecule has 2 rings (SSSR count). The number of hydrogen-bond acceptors (Lipinski definition) is 3. The number of carbonyl (C=O) groups excluding carboxylic acids is 2. The SMILES string of the molecule is CC[C@@H](C)CN(CC(=O)N(Cc1ccccc1)Cc1ccc(C)s1)C(=O)C(C)C. The predicted octanol–water partition coefficient (Wildman–Crippen LogP) is 5.12. The second-order valence-electron chi connectivity index (χ2n) is 8.13. The van der Waals surface area contributed by atoms with Crippen LogP contribution in [-0.2, 0) is 22.7 Å². The van der Waals surface area contributed by atoms with Gasteiger partial charge in [0, 0.05) is 28.8 Å². The molecular formula is C24H34N2O2S. The zero-order valence-corrected chi connectivity index (χ0v) is 19.2. The van der Waals surface area contributed by atoms with Gasteiger partial charge in [-0.25, -0.2) is 0 Å². The Morgan fingerprint density at radius 2 is 1.66 bits per heavy atom. The van der Waals surface area contributed by atoms with Gasteiger partial charge in [0.25, 0.3) is 0 Å². The van der Waals surface area contributed by atoms with Gasteiger partial charge in [0.05, 0.1) is 13.1 Å². The van der Waals surface area contributed by atoms with Gasteiger partial charge in [-0.1, -0.05) is 64.4 Å². The molecule has 0 saturated carbocycles. The van der Waals surface area contributed by atoms with E-state index in [4.69, 9.17) is 0 Å². The summed E-state index contributed by atoms with van der Waals surface area (Å²) in [5.41, 5.74) is 1.10. The Bertz CT molecular complexity index is 785. The summed E-state index contributed by atoms with van der Waals surface area (Å²) in [6.07, 6.45) is 0.984. The van der Waals surface area contributed by atoms with Gasteiger partial charge < -0.3 is 9.80 Å². The molecule has 0 aliphatic heterocycles. The normalized spacial score (nSPS) is 12.1. The van der Waals surface area contributed by atoms with Crippen molar-refractivity contribution in [2.24, 2.45) is 11.8 Å². The number of amides is 2. The van der Waals surface area contributed by atoms with Gasteiger partial charge in [0.1, 0.15) is 0 Å². The first-order chi connectivity index (χ1) is 13.8. The molecule has 29 heavy (non-hydrogen) atoms. The van der Waals surface area contributed by atoms with Crippen LogP contribution in [0.4, 0.5) is 0 Å². The molecule has 1 aromatic heterocycles. The average Bonchev–Trinajstić information content (AvgIpc) is 3.11. The summed E-state index contributed by atoms with van der Waals surface area (Å²) in [5.74, 6) is 0.296. The molecule has 0 unspecified atom stereocenters. The maximum absolute atomic E-state index is 13.3. The molecule has 4 nitrogen and oxygen atoms in total. The van der Waals surface area contributed by atoms with E-state index in [9.17, 15) is 9.59 Å². The Hall–Kier alpha value is -2.14. The van der Waals surface area contributed by atoms with Crippen LogP contribution < -0.4 is 0 Å². The van der Waals surface area contributed by atoms with Crippen molar-refractivity contribution in [3.8, 4) is 0 Å². The first kappa shape index (κ1) is 23.1. The third-order valence-electron chi connectivity index (χ3n) is 5.07. The summed E-state index contributed by atoms with van der Waals surface area (Å²) in [5, 5.41) is 0. The van der Waals surface area contributed by atoms with E-state index in [1.807, 2.05) is 49.1 Å². The highest BCUT2D eigenvalue weighted by Gasteiger charge is 2.24. The van der Waals surface area contributed by atoms with Crippen molar-refractivity contribution in [3.05, 3.63) is 57.8 Å². The minimum absolute atomic E-state index is 0.00258. The molecule has 1 heterocycles. The summed E-state index contributed by atoms with van der Waals surface area (Å²) < 4.78 is 0. The third-order valence-corrected chi connectivity index (χ3v) is 6.06. The Morgan fingerprint density at radius 1 is 0.966 bits per heavy atom. The number of thiophene rings is 1. The largest absolute Gasteiger partial charge is 0.333 e. The summed E-state index contributed by atoms with van der Waals surface area (Å²) in [6.45, 7) is 12.0. The first-order valence-corrected chi connectivity index (χ1v) is 11.3. The fourth-order valence-electron chi connectivity index (χ4n) is 3.16. The smallest absolute Gasteiger partial charge is 0.242 e. The summed E-state index contributed by atoms with van der Waals surface area (Å²) in [7, 11) is 0. The molecule has 0 aliphatic carbocycles. The zero-order chi connectivity index (χ0) is 21.4. The minimum atomic E-state index is -0.116. The van der Waals surface area contributed by atoms with Crippen LogP contribution in [0, 0.1) is 18.8 Å². The van der Waals surface area contributed by atoms with E-state index in [1.54, 1.807) is 16.2 Å². The Kier molecular flexibility index (Phi) is 8.90. The Morgan fingerprint density at radius 3 is 2.21 bits per heavy atom. The molecule has 1 aromatic carbocycles. The van der Waals surface area contributed by atoms with Gasteiger partial charge in [-0.2, -0.15) is 0 Å². The van der Waals surface area contributed by atoms with E-state index in [0.717, 1.165) is 16.9 Å². The van der Waals surface area contributed by atoms with Gasteiger partial charge in [0.2, 0.25) is 11.8 Å². The fraction of sp³-hybridized carbons (Fsp3) is 0.500. The summed E-state index contributed by atoms with van der Waals surface area (Å²) in [4.78, 5) is 32.1. The Balaban J connectivity index is 2.19. The van der Waals surface area contributed by atoms with Crippen molar-refractivity contribution in [2.45, 2.75) is 54.1 Å². The topological polar surface area (TPSA) is 40.6 Å². The number of benzene rings is 1. The Labute approximate surface area is 179 Å². The maximum atomic E-state index is 13.3. The van der Waals surface area contributed by atoms with Crippen LogP contribution in [-0.4, -0.2) is 34.7 Å². The lowest BCUT2D eigenvalue weighted by Crippen LogP contribution is -2.45. The predicted molar refractivity (Wildman–Crippen MR) is 121 cm³/mol. The van der Waals surface area contributed by atoms with E-state index in [0.29, 0.717) is 25.6 Å². The number of carbonyl (C=O) groups is 2. The van der Waals surface area contributed by atoms with Crippen LogP contribution >= 0.6 is 11.3 Å². The molecule has 5 heteroatoms. The van der Waals surface area contributed by atoms with Crippen LogP contribution in [0.2, 0.25) is 0 Å². The number of nitrogens with zero attached hydrogens (tertiary/aromatic N) is 2. The van der Waals surface area contributed by atoms with E-state index in [-0.39, 0.29) is 24.3 Å². The number of aryl methyl sites for hydroxylation is 1. The lowest BCUT2D eigenvalue weighted by atomic mass is 10.1. The van der Waals surface area contributed by atoms with Gasteiger partial charge in [-0.3, -0.25) is 9.59 Å². The highest BCUT2D eigenvalue weighted by atomic mass is 32.1. The fourth-order valence-corrected chi connectivity index (χ4v) is 4.07. The molecule has 0 fully saturated rings. The zero-order valence-electron chi connectivity index (χ0n) is 18.4. The minimum Gasteiger partial charge on any atom is -0.333 e. The molecule has 0 N–H and O–H groups in total.